The summed E-state index contributed by atoms with van der Waals surface area (Å²) in [4.78, 5) is 21.0. The number of hydrogen-bond donors (Lipinski definition) is 0. The first kappa shape index (κ1) is 16.1. The Balaban J connectivity index is 1.46. The van der Waals surface area contributed by atoms with Crippen LogP contribution >= 0.6 is 0 Å². The Labute approximate surface area is 160 Å². The molecule has 4 heterocycles. The molecule has 7 rings (SSSR count). The van der Waals surface area contributed by atoms with Gasteiger partial charge in [0.25, 0.3) is 5.91 Å². The molecule has 2 aliphatic heterocycles. The van der Waals surface area contributed by atoms with E-state index in [2.05, 4.69) is 16.1 Å². The van der Waals surface area contributed by atoms with Crippen molar-refractivity contribution in [3.05, 3.63) is 23.0 Å². The van der Waals surface area contributed by atoms with Crippen molar-refractivity contribution in [3.63, 3.8) is 0 Å². The van der Waals surface area contributed by atoms with Crippen molar-refractivity contribution < 1.29 is 4.79 Å². The molecule has 5 heteroatoms. The van der Waals surface area contributed by atoms with E-state index in [1.165, 1.54) is 44.9 Å². The summed E-state index contributed by atoms with van der Waals surface area (Å²) in [5.74, 6) is 3.18. The topological polar surface area (TPSA) is 51.0 Å². The monoisotopic (exact) mass is 364 g/mol. The molecule has 27 heavy (non-hydrogen) atoms. The van der Waals surface area contributed by atoms with Crippen LogP contribution in [-0.2, 0) is 7.05 Å². The summed E-state index contributed by atoms with van der Waals surface area (Å²) in [6, 6.07) is 2.55. The van der Waals surface area contributed by atoms with E-state index in [1.54, 1.807) is 0 Å². The maximum absolute atomic E-state index is 13.8. The Kier molecular flexibility index (Phi) is 3.31. The van der Waals surface area contributed by atoms with Crippen molar-refractivity contribution in [2.24, 2.45) is 24.8 Å². The van der Waals surface area contributed by atoms with Crippen molar-refractivity contribution in [2.75, 3.05) is 6.54 Å². The first-order valence-electron chi connectivity index (χ1n) is 10.7. The Morgan fingerprint density at radius 2 is 1.78 bits per heavy atom. The molecule has 0 spiro atoms. The van der Waals surface area contributed by atoms with Crippen molar-refractivity contribution in [1.82, 2.24) is 19.7 Å². The lowest BCUT2D eigenvalue weighted by Crippen LogP contribution is -2.42. The number of amides is 1. The van der Waals surface area contributed by atoms with Crippen LogP contribution in [0.4, 0.5) is 0 Å². The third-order valence-corrected chi connectivity index (χ3v) is 7.58. The first-order chi connectivity index (χ1) is 13.1. The van der Waals surface area contributed by atoms with Crippen molar-refractivity contribution in [2.45, 2.75) is 63.8 Å². The predicted octanol–water partition coefficient (Wildman–Crippen LogP) is 3.80. The van der Waals surface area contributed by atoms with Gasteiger partial charge in [-0.15, -0.1) is 0 Å². The highest BCUT2D eigenvalue weighted by Crippen LogP contribution is 2.48. The van der Waals surface area contributed by atoms with E-state index in [1.807, 2.05) is 18.7 Å². The highest BCUT2D eigenvalue weighted by molar-refractivity contribution is 6.06. The molecular weight excluding hydrogens is 336 g/mol. The fraction of sp³-hybridized carbons (Fsp3) is 0.682. The van der Waals surface area contributed by atoms with Gasteiger partial charge in [0.15, 0.2) is 5.65 Å². The zero-order chi connectivity index (χ0) is 18.3. The van der Waals surface area contributed by atoms with Crippen LogP contribution in [-0.4, -0.2) is 38.2 Å². The summed E-state index contributed by atoms with van der Waals surface area (Å²) in [7, 11) is 1.94. The second-order valence-electron chi connectivity index (χ2n) is 9.66. The number of nitrogens with zero attached hydrogens (tertiary/aromatic N) is 4. The summed E-state index contributed by atoms with van der Waals surface area (Å²) in [5.41, 5.74) is 3.75. The summed E-state index contributed by atoms with van der Waals surface area (Å²) < 4.78 is 1.85. The molecule has 5 aliphatic rings. The minimum atomic E-state index is 0.235. The van der Waals surface area contributed by atoms with Crippen molar-refractivity contribution >= 4 is 16.9 Å². The SMILES string of the molecule is Cc1nn(C)c2nc(C3CC3)cc(C(=O)N3CC4C[C@@H]5CC3C[C@H](C4)C5)c12. The molecule has 0 radical (unpaired) electrons. The third kappa shape index (κ3) is 2.46. The van der Waals surface area contributed by atoms with Gasteiger partial charge in [0.1, 0.15) is 0 Å². The number of hydrogen-bond acceptors (Lipinski definition) is 3. The molecule has 2 aromatic rings. The van der Waals surface area contributed by atoms with Crippen molar-refractivity contribution in [1.29, 1.82) is 0 Å². The van der Waals surface area contributed by atoms with Crippen LogP contribution in [0, 0.1) is 24.7 Å². The zero-order valence-electron chi connectivity index (χ0n) is 16.3. The number of carbonyl (C=O) groups excluding carboxylic acids is 1. The van der Waals surface area contributed by atoms with Gasteiger partial charge in [0, 0.05) is 31.2 Å². The van der Waals surface area contributed by atoms with E-state index in [9.17, 15) is 4.79 Å². The van der Waals surface area contributed by atoms with Crippen LogP contribution < -0.4 is 0 Å². The molecule has 3 saturated carbocycles. The van der Waals surface area contributed by atoms with Gasteiger partial charge in [-0.3, -0.25) is 9.48 Å². The van der Waals surface area contributed by atoms with Gasteiger partial charge < -0.3 is 4.90 Å². The molecule has 5 nitrogen and oxygen atoms in total. The lowest BCUT2D eigenvalue weighted by atomic mass is 9.68. The van der Waals surface area contributed by atoms with Gasteiger partial charge in [-0.05, 0) is 75.7 Å². The number of aromatic nitrogens is 3. The second kappa shape index (κ2) is 5.55. The summed E-state index contributed by atoms with van der Waals surface area (Å²) in [6.07, 6.45) is 8.90. The van der Waals surface area contributed by atoms with Gasteiger partial charge in [-0.1, -0.05) is 0 Å². The lowest BCUT2D eigenvalue weighted by molar-refractivity contribution is 0.0634. The number of fused-ring (bicyclic) bond motifs is 2. The van der Waals surface area contributed by atoms with E-state index in [0.29, 0.717) is 17.9 Å². The van der Waals surface area contributed by atoms with E-state index < -0.39 is 0 Å². The normalized spacial score (nSPS) is 32.3. The van der Waals surface area contributed by atoms with E-state index >= 15 is 0 Å². The number of carbonyl (C=O) groups is 1. The van der Waals surface area contributed by atoms with Crippen LogP contribution in [0.15, 0.2) is 6.07 Å². The van der Waals surface area contributed by atoms with Crippen LogP contribution in [0.25, 0.3) is 11.0 Å². The lowest BCUT2D eigenvalue weighted by Gasteiger charge is -2.39. The largest absolute Gasteiger partial charge is 0.335 e. The molecule has 2 aromatic heterocycles. The Hall–Kier alpha value is -1.91. The zero-order valence-corrected chi connectivity index (χ0v) is 16.3. The quantitative estimate of drug-likeness (QED) is 0.814. The molecule has 142 valence electrons. The van der Waals surface area contributed by atoms with Gasteiger partial charge in [-0.25, -0.2) is 4.98 Å². The second-order valence-corrected chi connectivity index (χ2v) is 9.66. The van der Waals surface area contributed by atoms with Crippen LogP contribution in [0.2, 0.25) is 0 Å². The molecule has 4 atom stereocenters. The van der Waals surface area contributed by atoms with Crippen LogP contribution in [0.3, 0.4) is 0 Å². The highest BCUT2D eigenvalue weighted by Gasteiger charge is 2.44. The van der Waals surface area contributed by atoms with Gasteiger partial charge >= 0.3 is 0 Å². The summed E-state index contributed by atoms with van der Waals surface area (Å²) in [5, 5.41) is 5.56. The molecule has 3 aliphatic carbocycles. The van der Waals surface area contributed by atoms with Gasteiger partial charge in [0.2, 0.25) is 0 Å². The number of pyridine rings is 1. The van der Waals surface area contributed by atoms with Gasteiger partial charge in [0.05, 0.1) is 16.6 Å². The molecule has 2 saturated heterocycles. The van der Waals surface area contributed by atoms with E-state index in [4.69, 9.17) is 4.98 Å². The average Bonchev–Trinajstić information content (AvgIpc) is 3.46. The first-order valence-corrected chi connectivity index (χ1v) is 10.7. The Morgan fingerprint density at radius 1 is 1.07 bits per heavy atom. The maximum atomic E-state index is 13.8. The van der Waals surface area contributed by atoms with Gasteiger partial charge in [-0.2, -0.15) is 5.10 Å². The Morgan fingerprint density at radius 3 is 2.48 bits per heavy atom. The van der Waals surface area contributed by atoms with Crippen LogP contribution in [0.5, 0.6) is 0 Å². The fourth-order valence-corrected chi connectivity index (χ4v) is 6.41. The maximum Gasteiger partial charge on any atom is 0.254 e. The molecule has 0 aromatic carbocycles. The molecule has 4 bridgehead atoms. The highest BCUT2D eigenvalue weighted by atomic mass is 16.2. The third-order valence-electron chi connectivity index (χ3n) is 7.58. The minimum absolute atomic E-state index is 0.235. The Bertz CT molecular complexity index is 929. The standard InChI is InChI=1S/C22H28N4O/c1-12-20-18(10-19(16-3-4-16)23-21(20)25(2)24-12)22(27)26-11-15-6-13-5-14(7-15)9-17(26)8-13/h10,13-17H,3-9,11H2,1-2H3/t13-,14+,15?,17?. The summed E-state index contributed by atoms with van der Waals surface area (Å²) in [6.45, 7) is 2.96. The molecule has 1 amide bonds. The number of aryl methyl sites for hydroxylation is 2. The van der Waals surface area contributed by atoms with E-state index in [-0.39, 0.29) is 5.91 Å². The predicted molar refractivity (Wildman–Crippen MR) is 104 cm³/mol. The van der Waals surface area contributed by atoms with Crippen molar-refractivity contribution in [3.8, 4) is 0 Å². The molecule has 5 fully saturated rings. The molecule has 0 N–H and O–H groups in total. The van der Waals surface area contributed by atoms with E-state index in [0.717, 1.165) is 46.4 Å². The van der Waals surface area contributed by atoms with Crippen LogP contribution in [0.1, 0.15) is 72.6 Å². The smallest absolute Gasteiger partial charge is 0.254 e. The average molecular weight is 364 g/mol. The minimum Gasteiger partial charge on any atom is -0.335 e. The molecular formula is C22H28N4O. The fourth-order valence-electron chi connectivity index (χ4n) is 6.41. The number of rotatable bonds is 2. The molecule has 2 unspecified atom stereocenters. The summed E-state index contributed by atoms with van der Waals surface area (Å²) >= 11 is 0.